The molecule has 0 heterocycles. The first kappa shape index (κ1) is 24.3. The fourth-order valence-corrected chi connectivity index (χ4v) is 9.57. The first-order chi connectivity index (χ1) is 16.3. The van der Waals surface area contributed by atoms with E-state index in [1.807, 2.05) is 30.3 Å². The molecule has 188 valence electrons. The van der Waals surface area contributed by atoms with Gasteiger partial charge in [0.15, 0.2) is 0 Å². The van der Waals surface area contributed by atoms with E-state index in [0.29, 0.717) is 29.8 Å². The largest absolute Gasteiger partial charge is 0.461 e. The van der Waals surface area contributed by atoms with Crippen LogP contribution in [0.3, 0.4) is 0 Å². The zero-order valence-corrected chi connectivity index (χ0v) is 21.7. The molecule has 1 aromatic rings. The highest BCUT2D eigenvalue weighted by Crippen LogP contribution is 2.68. The Morgan fingerprint density at radius 2 is 1.74 bits per heavy atom. The minimum atomic E-state index is -0.0559. The van der Waals surface area contributed by atoms with E-state index in [4.69, 9.17) is 4.74 Å². The summed E-state index contributed by atoms with van der Waals surface area (Å²) in [6.45, 7) is 7.97. The van der Waals surface area contributed by atoms with E-state index in [0.717, 1.165) is 54.4 Å². The second-order valence-electron chi connectivity index (χ2n) is 13.0. The van der Waals surface area contributed by atoms with Crippen LogP contribution in [0.15, 0.2) is 30.3 Å². The van der Waals surface area contributed by atoms with Gasteiger partial charge in [-0.3, -0.25) is 4.79 Å². The summed E-state index contributed by atoms with van der Waals surface area (Å²) in [5.41, 5.74) is 1.95. The van der Waals surface area contributed by atoms with E-state index in [-0.39, 0.29) is 12.1 Å². The van der Waals surface area contributed by atoms with Crippen molar-refractivity contribution in [2.75, 3.05) is 0 Å². The van der Waals surface area contributed by atoms with Crippen LogP contribution in [0.5, 0.6) is 0 Å². The van der Waals surface area contributed by atoms with E-state index < -0.39 is 0 Å². The third kappa shape index (κ3) is 4.36. The number of esters is 1. The normalized spacial score (nSPS) is 42.2. The molecule has 3 nitrogen and oxygen atoms in total. The molecule has 0 aliphatic heterocycles. The summed E-state index contributed by atoms with van der Waals surface area (Å²) < 4.78 is 5.56. The van der Waals surface area contributed by atoms with Gasteiger partial charge >= 0.3 is 5.97 Å². The maximum atomic E-state index is 12.4. The lowest BCUT2D eigenvalue weighted by molar-refractivity contribution is -0.145. The quantitative estimate of drug-likeness (QED) is 0.452. The predicted molar refractivity (Wildman–Crippen MR) is 136 cm³/mol. The lowest BCUT2D eigenvalue weighted by atomic mass is 9.44. The fourth-order valence-electron chi connectivity index (χ4n) is 9.57. The maximum absolute atomic E-state index is 12.4. The van der Waals surface area contributed by atoms with E-state index in [2.05, 4.69) is 20.8 Å². The molecular weight excluding hydrogens is 420 g/mol. The average Bonchev–Trinajstić information content (AvgIpc) is 3.19. The van der Waals surface area contributed by atoms with Crippen molar-refractivity contribution in [1.29, 1.82) is 0 Å². The molecule has 1 N–H and O–H groups in total. The molecular formula is C31H46O3. The molecule has 34 heavy (non-hydrogen) atoms. The van der Waals surface area contributed by atoms with Crippen LogP contribution in [0.25, 0.3) is 0 Å². The standard InChI is InChI=1S/C31H46O3/c1-21(9-14-29(33)34-20-22-7-5-4-6-8-22)26-12-13-27-25-11-10-23-19-24(32)15-17-30(23,2)28(25)16-18-31(26,27)3/h4-8,21,23-28,32H,9-20H2,1-3H3/t21-,23?,24-,25?,26?,27?,28?,30+,31-/m1/s1. The SMILES string of the molecule is C[C@H](CCC(=O)OCc1ccccc1)C1CCC2C3CCC4C[C@H](O)CC[C@]4(C)C3CC[C@@]21C. The van der Waals surface area contributed by atoms with Gasteiger partial charge in [0.05, 0.1) is 6.10 Å². The van der Waals surface area contributed by atoms with Crippen LogP contribution in [0.4, 0.5) is 0 Å². The lowest BCUT2D eigenvalue weighted by Crippen LogP contribution is -2.54. The molecule has 0 spiro atoms. The Morgan fingerprint density at radius 3 is 2.53 bits per heavy atom. The summed E-state index contributed by atoms with van der Waals surface area (Å²) in [6.07, 6.45) is 12.9. The Morgan fingerprint density at radius 1 is 1.00 bits per heavy atom. The zero-order valence-electron chi connectivity index (χ0n) is 21.7. The molecule has 3 heteroatoms. The van der Waals surface area contributed by atoms with Crippen molar-refractivity contribution in [3.8, 4) is 0 Å². The molecule has 5 unspecified atom stereocenters. The Labute approximate surface area is 207 Å². The molecule has 0 bridgehead atoms. The summed E-state index contributed by atoms with van der Waals surface area (Å²) >= 11 is 0. The van der Waals surface area contributed by atoms with Gasteiger partial charge in [-0.25, -0.2) is 0 Å². The second-order valence-corrected chi connectivity index (χ2v) is 13.0. The van der Waals surface area contributed by atoms with E-state index in [9.17, 15) is 9.90 Å². The van der Waals surface area contributed by atoms with Gasteiger partial charge in [0.25, 0.3) is 0 Å². The number of benzene rings is 1. The maximum Gasteiger partial charge on any atom is 0.306 e. The van der Waals surface area contributed by atoms with Crippen molar-refractivity contribution >= 4 is 5.97 Å². The highest BCUT2D eigenvalue weighted by molar-refractivity contribution is 5.69. The molecule has 4 aliphatic carbocycles. The van der Waals surface area contributed by atoms with Gasteiger partial charge < -0.3 is 9.84 Å². The molecule has 5 rings (SSSR count). The number of ether oxygens (including phenoxy) is 1. The topological polar surface area (TPSA) is 46.5 Å². The minimum absolute atomic E-state index is 0.0511. The lowest BCUT2D eigenvalue weighted by Gasteiger charge is -2.61. The van der Waals surface area contributed by atoms with Crippen LogP contribution in [-0.2, 0) is 16.1 Å². The van der Waals surface area contributed by atoms with Crippen LogP contribution in [0.2, 0.25) is 0 Å². The molecule has 0 amide bonds. The Bertz CT molecular complexity index is 851. The predicted octanol–water partition coefficient (Wildman–Crippen LogP) is 7.17. The van der Waals surface area contributed by atoms with E-state index in [1.165, 1.54) is 44.9 Å². The number of carbonyl (C=O) groups is 1. The number of rotatable bonds is 6. The van der Waals surface area contributed by atoms with Gasteiger partial charge in [0.2, 0.25) is 0 Å². The van der Waals surface area contributed by atoms with Gasteiger partial charge in [-0.2, -0.15) is 0 Å². The molecule has 1 aromatic carbocycles. The van der Waals surface area contributed by atoms with Crippen LogP contribution < -0.4 is 0 Å². The van der Waals surface area contributed by atoms with Gasteiger partial charge in [-0.15, -0.1) is 0 Å². The molecule has 9 atom stereocenters. The Kier molecular flexibility index (Phi) is 6.88. The van der Waals surface area contributed by atoms with Crippen LogP contribution in [0.1, 0.15) is 97.0 Å². The number of hydrogen-bond acceptors (Lipinski definition) is 3. The van der Waals surface area contributed by atoms with E-state index >= 15 is 0 Å². The highest BCUT2D eigenvalue weighted by Gasteiger charge is 2.60. The number of aliphatic hydroxyl groups is 1. The van der Waals surface area contributed by atoms with Crippen molar-refractivity contribution in [2.24, 2.45) is 46.3 Å². The smallest absolute Gasteiger partial charge is 0.306 e. The van der Waals surface area contributed by atoms with Crippen molar-refractivity contribution < 1.29 is 14.6 Å². The third-order valence-corrected chi connectivity index (χ3v) is 11.4. The number of hydrogen-bond donors (Lipinski definition) is 1. The van der Waals surface area contributed by atoms with Crippen molar-refractivity contribution in [3.63, 3.8) is 0 Å². The van der Waals surface area contributed by atoms with Crippen molar-refractivity contribution in [2.45, 2.75) is 104 Å². The monoisotopic (exact) mass is 466 g/mol. The number of fused-ring (bicyclic) bond motifs is 5. The van der Waals surface area contributed by atoms with Gasteiger partial charge in [0, 0.05) is 6.42 Å². The molecule has 0 saturated heterocycles. The Balaban J connectivity index is 1.18. The summed E-state index contributed by atoms with van der Waals surface area (Å²) in [6, 6.07) is 9.98. The zero-order chi connectivity index (χ0) is 23.9. The van der Waals surface area contributed by atoms with Crippen molar-refractivity contribution in [1.82, 2.24) is 0 Å². The van der Waals surface area contributed by atoms with Gasteiger partial charge in [0.1, 0.15) is 6.61 Å². The molecule has 0 aromatic heterocycles. The number of aliphatic hydroxyl groups excluding tert-OH is 1. The summed E-state index contributed by atoms with van der Waals surface area (Å²) in [5, 5.41) is 10.3. The number of carbonyl (C=O) groups excluding carboxylic acids is 1. The van der Waals surface area contributed by atoms with Crippen molar-refractivity contribution in [3.05, 3.63) is 35.9 Å². The van der Waals surface area contributed by atoms with Crippen LogP contribution in [0, 0.1) is 46.3 Å². The van der Waals surface area contributed by atoms with Crippen LogP contribution in [-0.4, -0.2) is 17.2 Å². The summed E-state index contributed by atoms with van der Waals surface area (Å²) in [7, 11) is 0. The molecule has 4 saturated carbocycles. The highest BCUT2D eigenvalue weighted by atomic mass is 16.5. The van der Waals surface area contributed by atoms with Gasteiger partial charge in [-0.05, 0) is 116 Å². The first-order valence-corrected chi connectivity index (χ1v) is 14.2. The summed E-state index contributed by atoms with van der Waals surface area (Å²) in [5.74, 6) is 4.59. The molecule has 4 fully saturated rings. The third-order valence-electron chi connectivity index (χ3n) is 11.4. The summed E-state index contributed by atoms with van der Waals surface area (Å²) in [4.78, 5) is 12.4. The van der Waals surface area contributed by atoms with Gasteiger partial charge in [-0.1, -0.05) is 51.1 Å². The molecule has 0 radical (unpaired) electrons. The first-order valence-electron chi connectivity index (χ1n) is 14.2. The minimum Gasteiger partial charge on any atom is -0.461 e. The average molecular weight is 467 g/mol. The van der Waals surface area contributed by atoms with E-state index in [1.54, 1.807) is 0 Å². The Hall–Kier alpha value is -1.35. The molecule has 4 aliphatic rings. The second kappa shape index (κ2) is 9.60. The van der Waals surface area contributed by atoms with Crippen LogP contribution >= 0.6 is 0 Å². The fraction of sp³-hybridized carbons (Fsp3) is 0.774.